The highest BCUT2D eigenvalue weighted by molar-refractivity contribution is 5.81. The van der Waals surface area contributed by atoms with Gasteiger partial charge in [-0.2, -0.15) is 0 Å². The van der Waals surface area contributed by atoms with Crippen molar-refractivity contribution < 1.29 is 9.59 Å². The molecule has 1 aromatic heterocycles. The Morgan fingerprint density at radius 2 is 1.87 bits per heavy atom. The van der Waals surface area contributed by atoms with Crippen molar-refractivity contribution >= 4 is 22.8 Å². The Bertz CT molecular complexity index is 868. The highest BCUT2D eigenvalue weighted by Gasteiger charge is 2.23. The van der Waals surface area contributed by atoms with Gasteiger partial charge in [0.15, 0.2) is 0 Å². The summed E-state index contributed by atoms with van der Waals surface area (Å²) in [6, 6.07) is 8.46. The zero-order chi connectivity index (χ0) is 22.2. The van der Waals surface area contributed by atoms with Crippen molar-refractivity contribution in [2.45, 2.75) is 84.2 Å². The topological polar surface area (TPSA) is 67.2 Å². The number of aryl methyl sites for hydroxylation is 1. The van der Waals surface area contributed by atoms with E-state index >= 15 is 0 Å². The first kappa shape index (κ1) is 23.3. The Morgan fingerprint density at radius 1 is 1.13 bits per heavy atom. The first-order valence-corrected chi connectivity index (χ1v) is 11.9. The number of hydrogen-bond acceptors (Lipinski definition) is 3. The van der Waals surface area contributed by atoms with Crippen LogP contribution in [0.15, 0.2) is 24.3 Å². The number of aromatic nitrogens is 2. The molecule has 0 spiro atoms. The minimum atomic E-state index is 0.0317. The number of carbonyl (C=O) groups is 2. The SMILES string of the molecule is CC(C)C(=O)NCCCCCc1nc2ccccc2n1CC(=O)N(C)C1CCCCC1. The third-order valence-corrected chi connectivity index (χ3v) is 6.44. The second-order valence-corrected chi connectivity index (χ2v) is 9.16. The van der Waals surface area contributed by atoms with Crippen molar-refractivity contribution in [2.24, 2.45) is 5.92 Å². The number of amides is 2. The monoisotopic (exact) mass is 426 g/mol. The lowest BCUT2D eigenvalue weighted by atomic mass is 9.94. The van der Waals surface area contributed by atoms with Crippen LogP contribution in [-0.2, 0) is 22.6 Å². The van der Waals surface area contributed by atoms with Gasteiger partial charge in [-0.1, -0.05) is 51.7 Å². The maximum atomic E-state index is 13.1. The molecule has 2 amide bonds. The van der Waals surface area contributed by atoms with Crippen LogP contribution in [-0.4, -0.2) is 45.9 Å². The first-order valence-electron chi connectivity index (χ1n) is 11.9. The Hall–Kier alpha value is -2.37. The van der Waals surface area contributed by atoms with Crippen LogP contribution in [0.2, 0.25) is 0 Å². The van der Waals surface area contributed by atoms with E-state index in [1.54, 1.807) is 0 Å². The Morgan fingerprint density at radius 3 is 2.61 bits per heavy atom. The van der Waals surface area contributed by atoms with Crippen LogP contribution in [0.5, 0.6) is 0 Å². The average Bonchev–Trinajstić information content (AvgIpc) is 3.13. The molecule has 1 aliphatic rings. The summed E-state index contributed by atoms with van der Waals surface area (Å²) in [5, 5.41) is 2.97. The quantitative estimate of drug-likeness (QED) is 0.576. The molecule has 2 aromatic rings. The van der Waals surface area contributed by atoms with Crippen molar-refractivity contribution in [3.63, 3.8) is 0 Å². The predicted octanol–water partition coefficient (Wildman–Crippen LogP) is 4.31. The molecule has 1 N–H and O–H groups in total. The molecule has 1 aromatic carbocycles. The third kappa shape index (κ3) is 6.31. The average molecular weight is 427 g/mol. The smallest absolute Gasteiger partial charge is 0.242 e. The van der Waals surface area contributed by atoms with Crippen molar-refractivity contribution in [1.29, 1.82) is 0 Å². The van der Waals surface area contributed by atoms with Crippen LogP contribution < -0.4 is 5.32 Å². The molecule has 31 heavy (non-hydrogen) atoms. The summed E-state index contributed by atoms with van der Waals surface area (Å²) >= 11 is 0. The van der Waals surface area contributed by atoms with E-state index in [4.69, 9.17) is 4.98 Å². The van der Waals surface area contributed by atoms with Crippen LogP contribution in [0.3, 0.4) is 0 Å². The summed E-state index contributed by atoms with van der Waals surface area (Å²) < 4.78 is 2.11. The van der Waals surface area contributed by atoms with Gasteiger partial charge in [0.1, 0.15) is 12.4 Å². The number of imidazole rings is 1. The molecule has 3 rings (SSSR count). The fourth-order valence-electron chi connectivity index (χ4n) is 4.41. The van der Waals surface area contributed by atoms with Gasteiger partial charge < -0.3 is 14.8 Å². The van der Waals surface area contributed by atoms with Gasteiger partial charge in [-0.15, -0.1) is 0 Å². The number of unbranched alkanes of at least 4 members (excludes halogenated alkanes) is 2. The number of fused-ring (bicyclic) bond motifs is 1. The summed E-state index contributed by atoms with van der Waals surface area (Å²) in [4.78, 5) is 31.5. The molecular weight excluding hydrogens is 388 g/mol. The normalized spacial score (nSPS) is 14.8. The summed E-state index contributed by atoms with van der Waals surface area (Å²) in [5.41, 5.74) is 1.99. The van der Waals surface area contributed by atoms with E-state index < -0.39 is 0 Å². The lowest BCUT2D eigenvalue weighted by molar-refractivity contribution is -0.133. The highest BCUT2D eigenvalue weighted by Crippen LogP contribution is 2.23. The molecule has 170 valence electrons. The number of hydrogen-bond donors (Lipinski definition) is 1. The molecule has 0 bridgehead atoms. The minimum Gasteiger partial charge on any atom is -0.356 e. The van der Waals surface area contributed by atoms with Gasteiger partial charge in [-0.05, 0) is 37.8 Å². The number of para-hydroxylation sites is 2. The Balaban J connectivity index is 1.59. The summed E-state index contributed by atoms with van der Waals surface area (Å²) in [7, 11) is 1.96. The van der Waals surface area contributed by atoms with Gasteiger partial charge in [0.05, 0.1) is 11.0 Å². The predicted molar refractivity (Wildman–Crippen MR) is 125 cm³/mol. The van der Waals surface area contributed by atoms with Crippen molar-refractivity contribution in [1.82, 2.24) is 19.8 Å². The molecular formula is C25H38N4O2. The molecule has 0 unspecified atom stereocenters. The van der Waals surface area contributed by atoms with Gasteiger partial charge in [0, 0.05) is 32.0 Å². The van der Waals surface area contributed by atoms with Crippen LogP contribution >= 0.6 is 0 Å². The van der Waals surface area contributed by atoms with E-state index in [2.05, 4.69) is 16.0 Å². The first-order chi connectivity index (χ1) is 15.0. The van der Waals surface area contributed by atoms with Gasteiger partial charge in [0.2, 0.25) is 11.8 Å². The van der Waals surface area contributed by atoms with E-state index in [0.717, 1.165) is 61.9 Å². The fourth-order valence-corrected chi connectivity index (χ4v) is 4.41. The standard InChI is InChI=1S/C25H38N4O2/c1-19(2)25(31)26-17-11-5-8-16-23-27-21-14-9-10-15-22(21)29(23)18-24(30)28(3)20-12-6-4-7-13-20/h9-10,14-15,19-20H,4-8,11-13,16-18H2,1-3H3,(H,26,31). The van der Waals surface area contributed by atoms with Crippen LogP contribution in [0.4, 0.5) is 0 Å². The number of carbonyl (C=O) groups excluding carboxylic acids is 2. The van der Waals surface area contributed by atoms with Gasteiger partial charge >= 0.3 is 0 Å². The van der Waals surface area contributed by atoms with Crippen molar-refractivity contribution in [3.8, 4) is 0 Å². The van der Waals surface area contributed by atoms with Crippen LogP contribution in [0.1, 0.15) is 71.0 Å². The second kappa shape index (κ2) is 11.3. The number of likely N-dealkylation sites (N-methyl/N-ethyl adjacent to an activating group) is 1. The molecule has 6 heteroatoms. The third-order valence-electron chi connectivity index (χ3n) is 6.44. The number of rotatable bonds is 10. The van der Waals surface area contributed by atoms with Gasteiger partial charge in [0.25, 0.3) is 0 Å². The molecule has 1 fully saturated rings. The molecule has 1 saturated carbocycles. The van der Waals surface area contributed by atoms with Gasteiger partial charge in [-0.25, -0.2) is 4.98 Å². The van der Waals surface area contributed by atoms with E-state index in [1.807, 2.05) is 44.0 Å². The number of nitrogens with one attached hydrogen (secondary N) is 1. The largest absolute Gasteiger partial charge is 0.356 e. The zero-order valence-corrected chi connectivity index (χ0v) is 19.4. The number of benzene rings is 1. The van der Waals surface area contributed by atoms with E-state index in [0.29, 0.717) is 12.6 Å². The maximum Gasteiger partial charge on any atom is 0.242 e. The van der Waals surface area contributed by atoms with Crippen LogP contribution in [0, 0.1) is 5.92 Å². The summed E-state index contributed by atoms with van der Waals surface area (Å²) in [6.07, 6.45) is 9.79. The Labute approximate surface area is 186 Å². The fraction of sp³-hybridized carbons (Fsp3) is 0.640. The molecule has 6 nitrogen and oxygen atoms in total. The van der Waals surface area contributed by atoms with E-state index in [-0.39, 0.29) is 17.7 Å². The van der Waals surface area contributed by atoms with Gasteiger partial charge in [-0.3, -0.25) is 9.59 Å². The second-order valence-electron chi connectivity index (χ2n) is 9.16. The van der Waals surface area contributed by atoms with Crippen molar-refractivity contribution in [3.05, 3.63) is 30.1 Å². The highest BCUT2D eigenvalue weighted by atomic mass is 16.2. The van der Waals surface area contributed by atoms with Crippen molar-refractivity contribution in [2.75, 3.05) is 13.6 Å². The molecule has 0 saturated heterocycles. The van der Waals surface area contributed by atoms with E-state index in [9.17, 15) is 9.59 Å². The molecule has 0 radical (unpaired) electrons. The van der Waals surface area contributed by atoms with E-state index in [1.165, 1.54) is 19.3 Å². The zero-order valence-electron chi connectivity index (χ0n) is 19.4. The Kier molecular flexibility index (Phi) is 8.50. The lowest BCUT2D eigenvalue weighted by Gasteiger charge is -2.31. The molecule has 0 atom stereocenters. The molecule has 1 heterocycles. The maximum absolute atomic E-state index is 13.1. The molecule has 0 aliphatic heterocycles. The summed E-state index contributed by atoms with van der Waals surface area (Å²) in [6.45, 7) is 4.89. The summed E-state index contributed by atoms with van der Waals surface area (Å²) in [5.74, 6) is 1.30. The number of nitrogens with zero attached hydrogens (tertiary/aromatic N) is 3. The van der Waals surface area contributed by atoms with Crippen LogP contribution in [0.25, 0.3) is 11.0 Å². The molecule has 1 aliphatic carbocycles. The lowest BCUT2D eigenvalue weighted by Crippen LogP contribution is -2.40. The minimum absolute atomic E-state index is 0.0317.